The highest BCUT2D eigenvalue weighted by molar-refractivity contribution is 5.77. The normalized spacial score (nSPS) is 20.2. The van der Waals surface area contributed by atoms with E-state index >= 15 is 0 Å². The van der Waals surface area contributed by atoms with Crippen molar-refractivity contribution in [3.8, 4) is 5.75 Å². The molecule has 2 aromatic carbocycles. The van der Waals surface area contributed by atoms with Crippen LogP contribution < -0.4 is 4.74 Å². The highest BCUT2D eigenvalue weighted by atomic mass is 19.1. The van der Waals surface area contributed by atoms with Crippen LogP contribution >= 0.6 is 0 Å². The van der Waals surface area contributed by atoms with Gasteiger partial charge >= 0.3 is 0 Å². The third kappa shape index (κ3) is 3.92. The molecule has 0 aromatic heterocycles. The monoisotopic (exact) mass is 329 g/mol. The van der Waals surface area contributed by atoms with Crippen LogP contribution in [0.3, 0.4) is 0 Å². The molecule has 1 aliphatic rings. The molecule has 126 valence electrons. The van der Waals surface area contributed by atoms with E-state index in [4.69, 9.17) is 4.74 Å². The molecule has 0 radical (unpaired) electrons. The third-order valence-corrected chi connectivity index (χ3v) is 4.18. The van der Waals surface area contributed by atoms with Crippen molar-refractivity contribution >= 4 is 5.91 Å². The van der Waals surface area contributed by atoms with Crippen LogP contribution in [0.4, 0.5) is 4.39 Å². The molecule has 1 aliphatic heterocycles. The molecule has 1 saturated heterocycles. The highest BCUT2D eigenvalue weighted by Crippen LogP contribution is 2.32. The maximum absolute atomic E-state index is 13.1. The lowest BCUT2D eigenvalue weighted by molar-refractivity contribution is -0.133. The lowest BCUT2D eigenvalue weighted by Gasteiger charge is -2.25. The number of carbonyl (C=O) groups excluding carboxylic acids is 1. The van der Waals surface area contributed by atoms with Crippen molar-refractivity contribution in [2.24, 2.45) is 0 Å². The van der Waals surface area contributed by atoms with E-state index in [0.717, 1.165) is 11.3 Å². The minimum atomic E-state index is -0.556. The number of hydrogen-bond donors (Lipinski definition) is 1. The Morgan fingerprint density at radius 2 is 1.88 bits per heavy atom. The van der Waals surface area contributed by atoms with Crippen LogP contribution in [-0.2, 0) is 4.79 Å². The Labute approximate surface area is 140 Å². The topological polar surface area (TPSA) is 49.8 Å². The molecule has 2 atom stereocenters. The van der Waals surface area contributed by atoms with E-state index < -0.39 is 6.10 Å². The summed E-state index contributed by atoms with van der Waals surface area (Å²) < 4.78 is 18.6. The van der Waals surface area contributed by atoms with Crippen molar-refractivity contribution < 1.29 is 19.0 Å². The first kappa shape index (κ1) is 16.5. The predicted molar refractivity (Wildman–Crippen MR) is 88.0 cm³/mol. The Morgan fingerprint density at radius 1 is 1.17 bits per heavy atom. The van der Waals surface area contributed by atoms with Gasteiger partial charge in [0.2, 0.25) is 5.91 Å². The summed E-state index contributed by atoms with van der Waals surface area (Å²) in [4.78, 5) is 14.2. The molecule has 1 amide bonds. The summed E-state index contributed by atoms with van der Waals surface area (Å²) in [5.41, 5.74) is 0.838. The highest BCUT2D eigenvalue weighted by Gasteiger charge is 2.34. The van der Waals surface area contributed by atoms with Crippen molar-refractivity contribution in [1.29, 1.82) is 0 Å². The fourth-order valence-electron chi connectivity index (χ4n) is 3.01. The summed E-state index contributed by atoms with van der Waals surface area (Å²) in [5.74, 6) is 0.338. The molecule has 5 heteroatoms. The van der Waals surface area contributed by atoms with Crippen LogP contribution in [0, 0.1) is 5.82 Å². The second kappa shape index (κ2) is 7.45. The summed E-state index contributed by atoms with van der Waals surface area (Å²) in [5, 5.41) is 9.94. The molecule has 2 aromatic rings. The van der Waals surface area contributed by atoms with E-state index in [9.17, 15) is 14.3 Å². The van der Waals surface area contributed by atoms with Gasteiger partial charge in [0.25, 0.3) is 0 Å². The molecule has 4 nitrogen and oxygen atoms in total. The zero-order valence-electron chi connectivity index (χ0n) is 13.3. The largest absolute Gasteiger partial charge is 0.493 e. The van der Waals surface area contributed by atoms with E-state index in [-0.39, 0.29) is 30.8 Å². The second-order valence-corrected chi connectivity index (χ2v) is 5.91. The summed E-state index contributed by atoms with van der Waals surface area (Å²) in [6.45, 7) is 0.581. The lowest BCUT2D eigenvalue weighted by Crippen LogP contribution is -2.32. The number of hydrogen-bond acceptors (Lipinski definition) is 3. The summed E-state index contributed by atoms with van der Waals surface area (Å²) in [6.07, 6.45) is 0.148. The number of nitrogens with zero attached hydrogens (tertiary/aromatic N) is 1. The first-order valence-electron chi connectivity index (χ1n) is 8.04. The van der Waals surface area contributed by atoms with Crippen LogP contribution in [0.5, 0.6) is 5.75 Å². The number of aliphatic hydroxyl groups is 1. The van der Waals surface area contributed by atoms with Gasteiger partial charge in [-0.15, -0.1) is 0 Å². The summed E-state index contributed by atoms with van der Waals surface area (Å²) in [6, 6.07) is 15.2. The maximum Gasteiger partial charge on any atom is 0.226 e. The number of carbonyl (C=O) groups is 1. The van der Waals surface area contributed by atoms with Gasteiger partial charge in [-0.1, -0.05) is 30.3 Å². The lowest BCUT2D eigenvalue weighted by atomic mass is 10.0. The predicted octanol–water partition coefficient (Wildman–Crippen LogP) is 2.93. The Morgan fingerprint density at radius 3 is 2.58 bits per heavy atom. The van der Waals surface area contributed by atoms with Gasteiger partial charge in [-0.2, -0.15) is 0 Å². The molecule has 1 fully saturated rings. The standard InChI is InChI=1S/C19H20FNO3/c20-15-8-6-14(7-9-15)18-12-16(22)13-21(18)19(23)10-11-24-17-4-2-1-3-5-17/h1-9,16,18,22H,10-13H2/t16-,18-/m0/s1. The van der Waals surface area contributed by atoms with E-state index in [2.05, 4.69) is 0 Å². The molecule has 0 aliphatic carbocycles. The first-order valence-corrected chi connectivity index (χ1v) is 8.04. The Balaban J connectivity index is 1.60. The zero-order valence-corrected chi connectivity index (χ0v) is 13.3. The molecule has 0 saturated carbocycles. The van der Waals surface area contributed by atoms with Gasteiger partial charge in [0.05, 0.1) is 25.2 Å². The fourth-order valence-corrected chi connectivity index (χ4v) is 3.01. The van der Waals surface area contributed by atoms with Crippen molar-refractivity contribution in [3.05, 3.63) is 66.0 Å². The van der Waals surface area contributed by atoms with Gasteiger partial charge < -0.3 is 14.7 Å². The number of ether oxygens (including phenoxy) is 1. The number of amides is 1. The smallest absolute Gasteiger partial charge is 0.226 e. The molecular weight excluding hydrogens is 309 g/mol. The van der Waals surface area contributed by atoms with Gasteiger partial charge in [0.1, 0.15) is 11.6 Å². The van der Waals surface area contributed by atoms with Crippen LogP contribution in [0.1, 0.15) is 24.4 Å². The van der Waals surface area contributed by atoms with Crippen molar-refractivity contribution in [2.75, 3.05) is 13.2 Å². The molecule has 0 bridgehead atoms. The van der Waals surface area contributed by atoms with E-state index in [1.165, 1.54) is 12.1 Å². The molecule has 1 heterocycles. The van der Waals surface area contributed by atoms with Crippen molar-refractivity contribution in [3.63, 3.8) is 0 Å². The van der Waals surface area contributed by atoms with E-state index in [0.29, 0.717) is 13.0 Å². The molecule has 0 unspecified atom stereocenters. The van der Waals surface area contributed by atoms with Crippen LogP contribution in [0.15, 0.2) is 54.6 Å². The number of likely N-dealkylation sites (tertiary alicyclic amines) is 1. The zero-order chi connectivity index (χ0) is 16.9. The van der Waals surface area contributed by atoms with Gasteiger partial charge in [-0.25, -0.2) is 4.39 Å². The Hall–Kier alpha value is -2.40. The van der Waals surface area contributed by atoms with Crippen LogP contribution in [0.2, 0.25) is 0 Å². The molecule has 24 heavy (non-hydrogen) atoms. The Bertz CT molecular complexity index is 675. The van der Waals surface area contributed by atoms with Gasteiger partial charge in [0.15, 0.2) is 0 Å². The minimum absolute atomic E-state index is 0.0724. The number of para-hydroxylation sites is 1. The average Bonchev–Trinajstić information content (AvgIpc) is 2.98. The number of rotatable bonds is 5. The molecule has 1 N–H and O–H groups in total. The molecule has 3 rings (SSSR count). The second-order valence-electron chi connectivity index (χ2n) is 5.91. The van der Waals surface area contributed by atoms with Crippen LogP contribution in [-0.4, -0.2) is 35.2 Å². The van der Waals surface area contributed by atoms with Gasteiger partial charge in [-0.3, -0.25) is 4.79 Å². The maximum atomic E-state index is 13.1. The number of benzene rings is 2. The first-order chi connectivity index (χ1) is 11.6. The summed E-state index contributed by atoms with van der Waals surface area (Å²) in [7, 11) is 0. The number of halogens is 1. The van der Waals surface area contributed by atoms with Crippen molar-refractivity contribution in [1.82, 2.24) is 4.90 Å². The number of aliphatic hydroxyl groups excluding tert-OH is 1. The summed E-state index contributed by atoms with van der Waals surface area (Å²) >= 11 is 0. The van der Waals surface area contributed by atoms with Crippen molar-refractivity contribution in [2.45, 2.75) is 25.0 Å². The average molecular weight is 329 g/mol. The van der Waals surface area contributed by atoms with E-state index in [1.807, 2.05) is 30.3 Å². The SMILES string of the molecule is O=C(CCOc1ccccc1)N1C[C@@H](O)C[C@H]1c1ccc(F)cc1. The van der Waals surface area contributed by atoms with E-state index in [1.54, 1.807) is 17.0 Å². The Kier molecular flexibility index (Phi) is 5.11. The van der Waals surface area contributed by atoms with Gasteiger partial charge in [0, 0.05) is 6.54 Å². The minimum Gasteiger partial charge on any atom is -0.493 e. The molecular formula is C19H20FNO3. The van der Waals surface area contributed by atoms with Crippen LogP contribution in [0.25, 0.3) is 0 Å². The quantitative estimate of drug-likeness (QED) is 0.917. The third-order valence-electron chi connectivity index (χ3n) is 4.18. The van der Waals surface area contributed by atoms with Gasteiger partial charge in [-0.05, 0) is 36.2 Å². The number of β-amino-alcohol motifs (C(OH)–C–C–N with tert-alkyl or cyclic N) is 1. The molecule has 0 spiro atoms. The fraction of sp³-hybridized carbons (Fsp3) is 0.316.